The van der Waals surface area contributed by atoms with Crippen LogP contribution in [0.1, 0.15) is 38.5 Å². The minimum absolute atomic E-state index is 0.540. The van der Waals surface area contributed by atoms with E-state index in [1.165, 1.54) is 38.5 Å². The lowest BCUT2D eigenvalue weighted by Gasteiger charge is -2.17. The Balaban J connectivity index is 1.79. The monoisotopic (exact) mass is 164 g/mol. The molecule has 0 aromatic carbocycles. The third-order valence-corrected chi connectivity index (χ3v) is 4.25. The third-order valence-electron chi connectivity index (χ3n) is 4.25. The fourth-order valence-corrected chi connectivity index (χ4v) is 3.59. The SMILES string of the molecule is O=C1C2CC3CCCCCC3C12. The Hall–Kier alpha value is -0.330. The first-order valence-electron chi connectivity index (χ1n) is 5.41. The molecule has 0 aromatic heterocycles. The van der Waals surface area contributed by atoms with E-state index in [0.717, 1.165) is 11.8 Å². The highest BCUT2D eigenvalue weighted by Gasteiger charge is 2.60. The average molecular weight is 164 g/mol. The number of hydrogen-bond donors (Lipinski definition) is 0. The number of fused-ring (bicyclic) bond motifs is 3. The highest BCUT2D eigenvalue weighted by atomic mass is 16.1. The van der Waals surface area contributed by atoms with E-state index < -0.39 is 0 Å². The zero-order chi connectivity index (χ0) is 8.13. The molecule has 0 spiro atoms. The minimum Gasteiger partial charge on any atom is -0.299 e. The van der Waals surface area contributed by atoms with Crippen molar-refractivity contribution in [1.82, 2.24) is 0 Å². The summed E-state index contributed by atoms with van der Waals surface area (Å²) in [5.41, 5.74) is 0. The Kier molecular flexibility index (Phi) is 1.38. The molecule has 3 rings (SSSR count). The van der Waals surface area contributed by atoms with Crippen LogP contribution in [0.25, 0.3) is 0 Å². The Bertz CT molecular complexity index is 221. The van der Waals surface area contributed by atoms with E-state index in [4.69, 9.17) is 0 Å². The van der Waals surface area contributed by atoms with E-state index in [9.17, 15) is 4.79 Å². The van der Waals surface area contributed by atoms with Crippen molar-refractivity contribution in [1.29, 1.82) is 0 Å². The lowest BCUT2D eigenvalue weighted by Crippen LogP contribution is -2.12. The van der Waals surface area contributed by atoms with Crippen molar-refractivity contribution in [2.75, 3.05) is 0 Å². The van der Waals surface area contributed by atoms with Gasteiger partial charge in [0, 0.05) is 11.8 Å². The molecule has 0 heterocycles. The summed E-state index contributed by atoms with van der Waals surface area (Å²) in [7, 11) is 0. The first-order valence-corrected chi connectivity index (χ1v) is 5.41. The standard InChI is InChI=1S/C11H16O/c12-11-9-6-7-4-2-1-3-5-8(7)10(9)11/h7-10H,1-6H2. The van der Waals surface area contributed by atoms with Crippen LogP contribution in [-0.4, -0.2) is 5.78 Å². The van der Waals surface area contributed by atoms with Crippen molar-refractivity contribution < 1.29 is 4.79 Å². The second kappa shape index (κ2) is 2.34. The van der Waals surface area contributed by atoms with Crippen LogP contribution in [0.2, 0.25) is 0 Å². The van der Waals surface area contributed by atoms with E-state index in [0.29, 0.717) is 17.6 Å². The van der Waals surface area contributed by atoms with Gasteiger partial charge in [0.2, 0.25) is 0 Å². The molecule has 0 bridgehead atoms. The van der Waals surface area contributed by atoms with Gasteiger partial charge in [-0.15, -0.1) is 0 Å². The van der Waals surface area contributed by atoms with Crippen LogP contribution in [0.5, 0.6) is 0 Å². The van der Waals surface area contributed by atoms with Gasteiger partial charge in [0.25, 0.3) is 0 Å². The lowest BCUT2D eigenvalue weighted by molar-refractivity contribution is -0.113. The second-order valence-corrected chi connectivity index (χ2v) is 4.83. The largest absolute Gasteiger partial charge is 0.299 e. The molecule has 66 valence electrons. The maximum absolute atomic E-state index is 11.3. The molecule has 4 unspecified atom stereocenters. The molecule has 0 radical (unpaired) electrons. The van der Waals surface area contributed by atoms with Gasteiger partial charge >= 0.3 is 0 Å². The Morgan fingerprint density at radius 2 is 1.92 bits per heavy atom. The van der Waals surface area contributed by atoms with Gasteiger partial charge in [0.1, 0.15) is 5.78 Å². The summed E-state index contributed by atoms with van der Waals surface area (Å²) in [5.74, 6) is 3.47. The molecule has 0 N–H and O–H groups in total. The lowest BCUT2D eigenvalue weighted by atomic mass is 9.87. The van der Waals surface area contributed by atoms with Crippen molar-refractivity contribution >= 4 is 5.78 Å². The van der Waals surface area contributed by atoms with Gasteiger partial charge in [-0.05, 0) is 24.7 Å². The normalized spacial score (nSPS) is 51.2. The molecule has 0 aliphatic heterocycles. The molecule has 3 fully saturated rings. The Morgan fingerprint density at radius 3 is 2.83 bits per heavy atom. The Morgan fingerprint density at radius 1 is 1.08 bits per heavy atom. The number of carbonyl (C=O) groups is 1. The number of carbonyl (C=O) groups excluding carboxylic acids is 1. The third kappa shape index (κ3) is 0.826. The van der Waals surface area contributed by atoms with Gasteiger partial charge in [-0.3, -0.25) is 4.79 Å². The van der Waals surface area contributed by atoms with Crippen molar-refractivity contribution in [3.05, 3.63) is 0 Å². The zero-order valence-corrected chi connectivity index (χ0v) is 7.46. The summed E-state index contributed by atoms with van der Waals surface area (Å²) in [5, 5.41) is 0. The molecule has 0 saturated heterocycles. The molecular formula is C11H16O. The molecule has 1 nitrogen and oxygen atoms in total. The van der Waals surface area contributed by atoms with Crippen LogP contribution in [0.3, 0.4) is 0 Å². The molecule has 3 saturated carbocycles. The molecule has 3 aliphatic rings. The fraction of sp³-hybridized carbons (Fsp3) is 0.909. The van der Waals surface area contributed by atoms with E-state index in [-0.39, 0.29) is 0 Å². The quantitative estimate of drug-likeness (QED) is 0.537. The van der Waals surface area contributed by atoms with Crippen LogP contribution >= 0.6 is 0 Å². The summed E-state index contributed by atoms with van der Waals surface area (Å²) in [4.78, 5) is 11.3. The van der Waals surface area contributed by atoms with Crippen LogP contribution in [0.15, 0.2) is 0 Å². The van der Waals surface area contributed by atoms with E-state index in [2.05, 4.69) is 0 Å². The van der Waals surface area contributed by atoms with Crippen molar-refractivity contribution in [3.63, 3.8) is 0 Å². The molecule has 1 heteroatoms. The summed E-state index contributed by atoms with van der Waals surface area (Å²) in [6.07, 6.45) is 8.27. The summed E-state index contributed by atoms with van der Waals surface area (Å²) in [6, 6.07) is 0. The molecule has 4 atom stereocenters. The second-order valence-electron chi connectivity index (χ2n) is 4.83. The van der Waals surface area contributed by atoms with E-state index in [1.807, 2.05) is 0 Å². The van der Waals surface area contributed by atoms with Crippen molar-refractivity contribution in [2.45, 2.75) is 38.5 Å². The van der Waals surface area contributed by atoms with Crippen molar-refractivity contribution in [2.24, 2.45) is 23.7 Å². The smallest absolute Gasteiger partial charge is 0.140 e. The van der Waals surface area contributed by atoms with Gasteiger partial charge in [-0.1, -0.05) is 25.7 Å². The number of ketones is 1. The van der Waals surface area contributed by atoms with E-state index in [1.54, 1.807) is 0 Å². The molecule has 0 aromatic rings. The van der Waals surface area contributed by atoms with Crippen LogP contribution in [0, 0.1) is 23.7 Å². The van der Waals surface area contributed by atoms with Crippen molar-refractivity contribution in [3.8, 4) is 0 Å². The van der Waals surface area contributed by atoms with Gasteiger partial charge in [-0.2, -0.15) is 0 Å². The highest BCUT2D eigenvalue weighted by Crippen LogP contribution is 2.58. The van der Waals surface area contributed by atoms with Gasteiger partial charge in [0.05, 0.1) is 0 Å². The molecule has 12 heavy (non-hydrogen) atoms. The molecular weight excluding hydrogens is 148 g/mol. The summed E-state index contributed by atoms with van der Waals surface area (Å²) < 4.78 is 0. The van der Waals surface area contributed by atoms with Crippen LogP contribution in [-0.2, 0) is 4.79 Å². The molecule has 3 aliphatic carbocycles. The number of Topliss-reactive ketones (excluding diaryl/α,β-unsaturated/α-hetero) is 1. The minimum atomic E-state index is 0.540. The highest BCUT2D eigenvalue weighted by molar-refractivity contribution is 6.00. The summed E-state index contributed by atoms with van der Waals surface area (Å²) in [6.45, 7) is 0. The van der Waals surface area contributed by atoms with Gasteiger partial charge in [0.15, 0.2) is 0 Å². The predicted octanol–water partition coefficient (Wildman–Crippen LogP) is 2.40. The fourth-order valence-electron chi connectivity index (χ4n) is 3.59. The summed E-state index contributed by atoms with van der Waals surface area (Å²) >= 11 is 0. The molecule has 0 amide bonds. The van der Waals surface area contributed by atoms with Crippen LogP contribution in [0.4, 0.5) is 0 Å². The number of rotatable bonds is 0. The predicted molar refractivity (Wildman–Crippen MR) is 46.7 cm³/mol. The first kappa shape index (κ1) is 7.11. The number of hydrogen-bond acceptors (Lipinski definition) is 1. The van der Waals surface area contributed by atoms with E-state index >= 15 is 0 Å². The Labute approximate surface area is 73.5 Å². The zero-order valence-electron chi connectivity index (χ0n) is 7.46. The van der Waals surface area contributed by atoms with Gasteiger partial charge in [-0.25, -0.2) is 0 Å². The maximum Gasteiger partial charge on any atom is 0.140 e. The van der Waals surface area contributed by atoms with Crippen LogP contribution < -0.4 is 0 Å². The topological polar surface area (TPSA) is 17.1 Å². The van der Waals surface area contributed by atoms with Gasteiger partial charge < -0.3 is 0 Å². The first-order chi connectivity index (χ1) is 5.88. The average Bonchev–Trinajstić information content (AvgIpc) is 2.63. The maximum atomic E-state index is 11.3.